The maximum absolute atomic E-state index is 12.1. The highest BCUT2D eigenvalue weighted by atomic mass is 32.1. The molecule has 0 aliphatic carbocycles. The van der Waals surface area contributed by atoms with E-state index >= 15 is 0 Å². The first-order chi connectivity index (χ1) is 12.5. The van der Waals surface area contributed by atoms with Gasteiger partial charge in [-0.1, -0.05) is 38.1 Å². The van der Waals surface area contributed by atoms with Crippen molar-refractivity contribution in [3.05, 3.63) is 64.5 Å². The second-order valence-corrected chi connectivity index (χ2v) is 7.46. The summed E-state index contributed by atoms with van der Waals surface area (Å²) in [5.41, 5.74) is 3.92. The first-order valence-electron chi connectivity index (χ1n) is 8.56. The molecule has 3 rings (SSSR count). The van der Waals surface area contributed by atoms with Gasteiger partial charge in [0.1, 0.15) is 5.75 Å². The van der Waals surface area contributed by atoms with Crippen molar-refractivity contribution in [3.8, 4) is 17.0 Å². The van der Waals surface area contributed by atoms with Crippen LogP contribution in [0.1, 0.15) is 30.3 Å². The maximum atomic E-state index is 12.1. The number of hydrogen-bond acceptors (Lipinski definition) is 4. The van der Waals surface area contributed by atoms with Gasteiger partial charge in [-0.05, 0) is 42.7 Å². The molecule has 0 aliphatic rings. The van der Waals surface area contributed by atoms with E-state index in [1.54, 1.807) is 11.3 Å². The number of amides is 1. The summed E-state index contributed by atoms with van der Waals surface area (Å²) >= 11 is 1.62. The Kier molecular flexibility index (Phi) is 5.68. The van der Waals surface area contributed by atoms with Gasteiger partial charge in [0.15, 0.2) is 6.61 Å². The molecule has 0 bridgehead atoms. The largest absolute Gasteiger partial charge is 0.484 e. The number of rotatable bonds is 6. The molecule has 1 heterocycles. The van der Waals surface area contributed by atoms with Crippen LogP contribution in [-0.2, 0) is 4.79 Å². The van der Waals surface area contributed by atoms with Gasteiger partial charge in [0.25, 0.3) is 5.91 Å². The Morgan fingerprint density at radius 2 is 1.96 bits per heavy atom. The topological polar surface area (TPSA) is 51.2 Å². The van der Waals surface area contributed by atoms with Crippen LogP contribution in [-0.4, -0.2) is 17.5 Å². The van der Waals surface area contributed by atoms with Gasteiger partial charge in [-0.15, -0.1) is 11.3 Å². The zero-order valence-electron chi connectivity index (χ0n) is 15.2. The van der Waals surface area contributed by atoms with Crippen molar-refractivity contribution in [3.63, 3.8) is 0 Å². The lowest BCUT2D eigenvalue weighted by Gasteiger charge is -2.10. The van der Waals surface area contributed by atoms with Crippen LogP contribution in [0.15, 0.2) is 53.9 Å². The van der Waals surface area contributed by atoms with Gasteiger partial charge < -0.3 is 10.1 Å². The highest BCUT2D eigenvalue weighted by Crippen LogP contribution is 2.23. The third-order valence-corrected chi connectivity index (χ3v) is 4.75. The van der Waals surface area contributed by atoms with Crippen LogP contribution in [0.25, 0.3) is 11.3 Å². The van der Waals surface area contributed by atoms with E-state index in [2.05, 4.69) is 30.2 Å². The van der Waals surface area contributed by atoms with Gasteiger partial charge in [0.2, 0.25) is 0 Å². The molecule has 1 aromatic heterocycles. The molecule has 3 aromatic rings. The predicted octanol–water partition coefficient (Wildman–Crippen LogP) is 5.26. The van der Waals surface area contributed by atoms with Crippen molar-refractivity contribution in [1.29, 1.82) is 0 Å². The quantitative estimate of drug-likeness (QED) is 0.647. The first kappa shape index (κ1) is 18.1. The molecule has 1 amide bonds. The molecule has 0 fully saturated rings. The fraction of sp³-hybridized carbons (Fsp3) is 0.238. The Morgan fingerprint density at radius 1 is 1.19 bits per heavy atom. The minimum atomic E-state index is -0.183. The molecule has 0 spiro atoms. The Morgan fingerprint density at radius 3 is 2.62 bits per heavy atom. The maximum Gasteiger partial charge on any atom is 0.262 e. The molecule has 5 heteroatoms. The molecule has 0 unspecified atom stereocenters. The number of thiazole rings is 1. The van der Waals surface area contributed by atoms with E-state index in [0.29, 0.717) is 11.7 Å². The van der Waals surface area contributed by atoms with E-state index < -0.39 is 0 Å². The van der Waals surface area contributed by atoms with Crippen LogP contribution >= 0.6 is 11.3 Å². The number of ether oxygens (including phenoxy) is 1. The molecule has 0 atom stereocenters. The van der Waals surface area contributed by atoms with E-state index in [-0.39, 0.29) is 12.5 Å². The molecule has 2 aromatic carbocycles. The summed E-state index contributed by atoms with van der Waals surface area (Å²) in [6.07, 6.45) is 0. The normalized spacial score (nSPS) is 10.8. The number of aryl methyl sites for hydroxylation is 1. The highest BCUT2D eigenvalue weighted by molar-refractivity contribution is 7.09. The van der Waals surface area contributed by atoms with Crippen molar-refractivity contribution >= 4 is 22.9 Å². The standard InChI is InChI=1S/C21H22N2O2S/c1-14(2)17-5-4-6-19(11-17)25-12-21(24)23-18-9-7-16(8-10-18)20-13-26-15(3)22-20/h4-11,13-14H,12H2,1-3H3,(H,23,24). The van der Waals surface area contributed by atoms with Gasteiger partial charge in [-0.25, -0.2) is 4.98 Å². The van der Waals surface area contributed by atoms with E-state index in [0.717, 1.165) is 22.0 Å². The molecule has 0 saturated heterocycles. The summed E-state index contributed by atoms with van der Waals surface area (Å²) in [7, 11) is 0. The number of carbonyl (C=O) groups is 1. The average Bonchev–Trinajstić information content (AvgIpc) is 3.07. The SMILES string of the molecule is Cc1nc(-c2ccc(NC(=O)COc3cccc(C(C)C)c3)cc2)cs1. The van der Waals surface area contributed by atoms with Crippen molar-refractivity contribution < 1.29 is 9.53 Å². The summed E-state index contributed by atoms with van der Waals surface area (Å²) < 4.78 is 5.61. The highest BCUT2D eigenvalue weighted by Gasteiger charge is 2.07. The molecule has 1 N–H and O–H groups in total. The summed E-state index contributed by atoms with van der Waals surface area (Å²) in [6, 6.07) is 15.5. The lowest BCUT2D eigenvalue weighted by Crippen LogP contribution is -2.20. The van der Waals surface area contributed by atoms with E-state index in [4.69, 9.17) is 4.74 Å². The molecular weight excluding hydrogens is 344 g/mol. The molecule has 4 nitrogen and oxygen atoms in total. The number of nitrogens with zero attached hydrogens (tertiary/aromatic N) is 1. The van der Waals surface area contributed by atoms with Gasteiger partial charge in [0.05, 0.1) is 10.7 Å². The predicted molar refractivity (Wildman–Crippen MR) is 107 cm³/mol. The molecule has 134 valence electrons. The van der Waals surface area contributed by atoms with Crippen LogP contribution in [0.4, 0.5) is 5.69 Å². The third kappa shape index (κ3) is 4.70. The van der Waals surface area contributed by atoms with Crippen LogP contribution in [0, 0.1) is 6.92 Å². The smallest absolute Gasteiger partial charge is 0.262 e. The lowest BCUT2D eigenvalue weighted by molar-refractivity contribution is -0.118. The van der Waals surface area contributed by atoms with E-state index in [1.807, 2.05) is 54.8 Å². The Hall–Kier alpha value is -2.66. The molecule has 0 radical (unpaired) electrons. The first-order valence-corrected chi connectivity index (χ1v) is 9.44. The number of nitrogens with one attached hydrogen (secondary N) is 1. The number of benzene rings is 2. The molecular formula is C21H22N2O2S. The van der Waals surface area contributed by atoms with Gasteiger partial charge in [-0.3, -0.25) is 4.79 Å². The fourth-order valence-electron chi connectivity index (χ4n) is 2.53. The Bertz CT molecular complexity index is 885. The Labute approximate surface area is 157 Å². The van der Waals surface area contributed by atoms with Crippen molar-refractivity contribution in [2.75, 3.05) is 11.9 Å². The zero-order valence-corrected chi connectivity index (χ0v) is 16.0. The summed E-state index contributed by atoms with van der Waals surface area (Å²) in [4.78, 5) is 16.6. The van der Waals surface area contributed by atoms with Crippen LogP contribution in [0.2, 0.25) is 0 Å². The minimum absolute atomic E-state index is 0.0193. The summed E-state index contributed by atoms with van der Waals surface area (Å²) in [6.45, 7) is 6.22. The number of aromatic nitrogens is 1. The number of hydrogen-bond donors (Lipinski definition) is 1. The number of carbonyl (C=O) groups excluding carboxylic acids is 1. The summed E-state index contributed by atoms with van der Waals surface area (Å²) in [5.74, 6) is 0.949. The van der Waals surface area contributed by atoms with Gasteiger partial charge >= 0.3 is 0 Å². The second kappa shape index (κ2) is 8.15. The minimum Gasteiger partial charge on any atom is -0.484 e. The van der Waals surface area contributed by atoms with Crippen LogP contribution < -0.4 is 10.1 Å². The van der Waals surface area contributed by atoms with Crippen molar-refractivity contribution in [2.24, 2.45) is 0 Å². The van der Waals surface area contributed by atoms with Crippen molar-refractivity contribution in [2.45, 2.75) is 26.7 Å². The van der Waals surface area contributed by atoms with Crippen molar-refractivity contribution in [1.82, 2.24) is 4.98 Å². The van der Waals surface area contributed by atoms with Gasteiger partial charge in [0, 0.05) is 16.6 Å². The molecule has 0 saturated carbocycles. The van der Waals surface area contributed by atoms with E-state index in [9.17, 15) is 4.79 Å². The van der Waals surface area contributed by atoms with Crippen LogP contribution in [0.3, 0.4) is 0 Å². The number of anilines is 1. The molecule has 0 aliphatic heterocycles. The third-order valence-electron chi connectivity index (χ3n) is 3.98. The lowest BCUT2D eigenvalue weighted by atomic mass is 10.0. The summed E-state index contributed by atoms with van der Waals surface area (Å²) in [5, 5.41) is 5.92. The van der Waals surface area contributed by atoms with E-state index in [1.165, 1.54) is 5.56 Å². The van der Waals surface area contributed by atoms with Gasteiger partial charge in [-0.2, -0.15) is 0 Å². The average molecular weight is 366 g/mol. The second-order valence-electron chi connectivity index (χ2n) is 6.39. The fourth-order valence-corrected chi connectivity index (χ4v) is 3.15. The molecule has 26 heavy (non-hydrogen) atoms. The monoisotopic (exact) mass is 366 g/mol. The zero-order chi connectivity index (χ0) is 18.5. The Balaban J connectivity index is 1.55. The van der Waals surface area contributed by atoms with Crippen LogP contribution in [0.5, 0.6) is 5.75 Å².